The first-order chi connectivity index (χ1) is 10.1. The van der Waals surface area contributed by atoms with Gasteiger partial charge >= 0.3 is 0 Å². The Morgan fingerprint density at radius 2 is 2.00 bits per heavy atom. The van der Waals surface area contributed by atoms with Crippen molar-refractivity contribution in [3.63, 3.8) is 0 Å². The average molecular weight is 289 g/mol. The summed E-state index contributed by atoms with van der Waals surface area (Å²) in [4.78, 5) is 7.31. The molecule has 2 heterocycles. The minimum absolute atomic E-state index is 0.444. The summed E-state index contributed by atoms with van der Waals surface area (Å²) in [6.45, 7) is 13.5. The second-order valence-electron chi connectivity index (χ2n) is 6.62. The van der Waals surface area contributed by atoms with E-state index >= 15 is 0 Å². The van der Waals surface area contributed by atoms with Crippen molar-refractivity contribution in [2.75, 3.05) is 13.1 Å². The molecular formula is C18H31N3. The third-order valence-electron chi connectivity index (χ3n) is 4.89. The third-order valence-corrected chi connectivity index (χ3v) is 4.89. The van der Waals surface area contributed by atoms with Gasteiger partial charge in [0.05, 0.1) is 0 Å². The Morgan fingerprint density at radius 1 is 1.24 bits per heavy atom. The van der Waals surface area contributed by atoms with Gasteiger partial charge in [-0.3, -0.25) is 9.88 Å². The average Bonchev–Trinajstić information content (AvgIpc) is 2.53. The molecule has 3 atom stereocenters. The number of piperazine rings is 1. The van der Waals surface area contributed by atoms with Crippen LogP contribution >= 0.6 is 0 Å². The van der Waals surface area contributed by atoms with Crippen LogP contribution < -0.4 is 5.32 Å². The maximum Gasteiger partial charge on any atom is 0.0429 e. The SMILES string of the molecule is CC[C@H]1CN(C(C)c2ccc(C(C)C)nc2)[C@H](CC)CN1. The molecule has 1 N–H and O–H groups in total. The molecule has 118 valence electrons. The minimum Gasteiger partial charge on any atom is -0.311 e. The fraction of sp³-hybridized carbons (Fsp3) is 0.722. The molecule has 0 saturated carbocycles. The molecular weight excluding hydrogens is 258 g/mol. The monoisotopic (exact) mass is 289 g/mol. The molecule has 1 aliphatic rings. The Labute approximate surface area is 130 Å². The van der Waals surface area contributed by atoms with Gasteiger partial charge in [-0.05, 0) is 37.3 Å². The molecule has 1 unspecified atom stereocenters. The molecule has 1 aromatic rings. The third kappa shape index (κ3) is 3.83. The van der Waals surface area contributed by atoms with Gasteiger partial charge in [0.1, 0.15) is 0 Å². The van der Waals surface area contributed by atoms with Crippen LogP contribution in [0.4, 0.5) is 0 Å². The summed E-state index contributed by atoms with van der Waals surface area (Å²) < 4.78 is 0. The number of hydrogen-bond donors (Lipinski definition) is 1. The summed E-state index contributed by atoms with van der Waals surface area (Å²) in [6.07, 6.45) is 4.48. The molecule has 0 bridgehead atoms. The van der Waals surface area contributed by atoms with Gasteiger partial charge in [0.15, 0.2) is 0 Å². The van der Waals surface area contributed by atoms with Crippen LogP contribution in [0.2, 0.25) is 0 Å². The fourth-order valence-electron chi connectivity index (χ4n) is 3.21. The van der Waals surface area contributed by atoms with E-state index in [0.29, 0.717) is 24.0 Å². The fourth-order valence-corrected chi connectivity index (χ4v) is 3.21. The van der Waals surface area contributed by atoms with Crippen molar-refractivity contribution in [1.82, 2.24) is 15.2 Å². The van der Waals surface area contributed by atoms with Crippen molar-refractivity contribution in [2.45, 2.75) is 71.5 Å². The summed E-state index contributed by atoms with van der Waals surface area (Å²) in [5.41, 5.74) is 2.53. The highest BCUT2D eigenvalue weighted by Gasteiger charge is 2.29. The molecule has 1 saturated heterocycles. The minimum atomic E-state index is 0.444. The van der Waals surface area contributed by atoms with Crippen LogP contribution in [0.3, 0.4) is 0 Å². The van der Waals surface area contributed by atoms with Crippen molar-refractivity contribution in [3.8, 4) is 0 Å². The van der Waals surface area contributed by atoms with E-state index in [1.807, 2.05) is 0 Å². The van der Waals surface area contributed by atoms with Crippen LogP contribution in [0, 0.1) is 0 Å². The summed E-state index contributed by atoms with van der Waals surface area (Å²) in [7, 11) is 0. The van der Waals surface area contributed by atoms with Gasteiger partial charge < -0.3 is 5.32 Å². The Morgan fingerprint density at radius 3 is 2.52 bits per heavy atom. The lowest BCUT2D eigenvalue weighted by Gasteiger charge is -2.43. The van der Waals surface area contributed by atoms with Gasteiger partial charge in [-0.25, -0.2) is 0 Å². The number of rotatable bonds is 5. The number of aromatic nitrogens is 1. The quantitative estimate of drug-likeness (QED) is 0.895. The van der Waals surface area contributed by atoms with E-state index in [0.717, 1.165) is 13.1 Å². The maximum absolute atomic E-state index is 4.64. The zero-order valence-corrected chi connectivity index (χ0v) is 14.3. The normalized spacial score (nSPS) is 25.2. The highest BCUT2D eigenvalue weighted by molar-refractivity contribution is 5.19. The molecule has 2 rings (SSSR count). The van der Waals surface area contributed by atoms with E-state index in [2.05, 4.69) is 68.1 Å². The first-order valence-corrected chi connectivity index (χ1v) is 8.51. The van der Waals surface area contributed by atoms with E-state index in [9.17, 15) is 0 Å². The molecule has 0 radical (unpaired) electrons. The Hall–Kier alpha value is -0.930. The van der Waals surface area contributed by atoms with E-state index in [1.165, 1.54) is 24.1 Å². The smallest absolute Gasteiger partial charge is 0.0429 e. The predicted molar refractivity (Wildman–Crippen MR) is 89.6 cm³/mol. The van der Waals surface area contributed by atoms with E-state index in [4.69, 9.17) is 0 Å². The second kappa shape index (κ2) is 7.37. The molecule has 0 aliphatic carbocycles. The lowest BCUT2D eigenvalue weighted by atomic mass is 9.99. The van der Waals surface area contributed by atoms with E-state index in [-0.39, 0.29) is 0 Å². The first kappa shape index (κ1) is 16.4. The van der Waals surface area contributed by atoms with Crippen molar-refractivity contribution in [1.29, 1.82) is 0 Å². The second-order valence-corrected chi connectivity index (χ2v) is 6.62. The van der Waals surface area contributed by atoms with Crippen LogP contribution in [0.25, 0.3) is 0 Å². The molecule has 0 amide bonds. The number of nitrogens with one attached hydrogen (secondary N) is 1. The molecule has 21 heavy (non-hydrogen) atoms. The molecule has 0 spiro atoms. The van der Waals surface area contributed by atoms with Gasteiger partial charge in [-0.1, -0.05) is 33.8 Å². The van der Waals surface area contributed by atoms with Gasteiger partial charge in [0, 0.05) is 43.1 Å². The van der Waals surface area contributed by atoms with Gasteiger partial charge in [0.2, 0.25) is 0 Å². The Balaban J connectivity index is 2.13. The summed E-state index contributed by atoms with van der Waals surface area (Å²) in [5, 5.41) is 3.67. The molecule has 1 fully saturated rings. The maximum atomic E-state index is 4.64. The van der Waals surface area contributed by atoms with E-state index < -0.39 is 0 Å². The highest BCUT2D eigenvalue weighted by atomic mass is 15.3. The van der Waals surface area contributed by atoms with Crippen molar-refractivity contribution >= 4 is 0 Å². The van der Waals surface area contributed by atoms with Crippen molar-refractivity contribution < 1.29 is 0 Å². The highest BCUT2D eigenvalue weighted by Crippen LogP contribution is 2.26. The van der Waals surface area contributed by atoms with Crippen LogP contribution in [0.5, 0.6) is 0 Å². The van der Waals surface area contributed by atoms with Crippen molar-refractivity contribution in [2.24, 2.45) is 0 Å². The molecule has 3 nitrogen and oxygen atoms in total. The van der Waals surface area contributed by atoms with Gasteiger partial charge in [-0.2, -0.15) is 0 Å². The topological polar surface area (TPSA) is 28.2 Å². The largest absolute Gasteiger partial charge is 0.311 e. The van der Waals surface area contributed by atoms with Crippen LogP contribution in [-0.4, -0.2) is 35.1 Å². The number of hydrogen-bond acceptors (Lipinski definition) is 3. The Kier molecular flexibility index (Phi) is 5.77. The summed E-state index contributed by atoms with van der Waals surface area (Å²) >= 11 is 0. The lowest BCUT2D eigenvalue weighted by molar-refractivity contribution is 0.0849. The van der Waals surface area contributed by atoms with Crippen molar-refractivity contribution in [3.05, 3.63) is 29.6 Å². The Bertz CT molecular complexity index is 427. The molecule has 1 aromatic heterocycles. The van der Waals surface area contributed by atoms with Crippen LogP contribution in [0.15, 0.2) is 18.3 Å². The van der Waals surface area contributed by atoms with Crippen LogP contribution in [0.1, 0.15) is 70.7 Å². The standard InChI is InChI=1S/C18H31N3/c1-6-16-12-21(17(7-2)11-19-16)14(5)15-8-9-18(13(3)4)20-10-15/h8-10,13-14,16-17,19H,6-7,11-12H2,1-5H3/t14?,16-,17+/m0/s1. The number of nitrogens with zero attached hydrogens (tertiary/aromatic N) is 2. The molecule has 0 aromatic carbocycles. The number of pyridine rings is 1. The molecule has 1 aliphatic heterocycles. The zero-order chi connectivity index (χ0) is 15.4. The zero-order valence-electron chi connectivity index (χ0n) is 14.3. The predicted octanol–water partition coefficient (Wildman–Crippen LogP) is 3.73. The molecule has 3 heteroatoms. The first-order valence-electron chi connectivity index (χ1n) is 8.51. The summed E-state index contributed by atoms with van der Waals surface area (Å²) in [6, 6.07) is 6.16. The summed E-state index contributed by atoms with van der Waals surface area (Å²) in [5.74, 6) is 0.501. The lowest BCUT2D eigenvalue weighted by Crippen LogP contribution is -2.56. The van der Waals surface area contributed by atoms with Gasteiger partial charge in [-0.15, -0.1) is 0 Å². The van der Waals surface area contributed by atoms with E-state index in [1.54, 1.807) is 0 Å². The van der Waals surface area contributed by atoms with Crippen LogP contribution in [-0.2, 0) is 0 Å². The van der Waals surface area contributed by atoms with Gasteiger partial charge in [0.25, 0.3) is 0 Å².